The molecule has 1 amide bonds. The van der Waals surface area contributed by atoms with E-state index in [0.29, 0.717) is 18.7 Å². The van der Waals surface area contributed by atoms with Crippen LogP contribution >= 0.6 is 0 Å². The van der Waals surface area contributed by atoms with Crippen molar-refractivity contribution in [2.75, 3.05) is 25.0 Å². The number of nitrogens with zero attached hydrogens (tertiary/aromatic N) is 1. The largest absolute Gasteiger partial charge is 0.452 e. The van der Waals surface area contributed by atoms with Gasteiger partial charge in [-0.05, 0) is 48.7 Å². The number of carbonyl (C=O) groups excluding carboxylic acids is 2. The summed E-state index contributed by atoms with van der Waals surface area (Å²) in [6.45, 7) is 0.411. The van der Waals surface area contributed by atoms with Crippen LogP contribution in [0.1, 0.15) is 31.2 Å². The van der Waals surface area contributed by atoms with Gasteiger partial charge in [0, 0.05) is 30.9 Å². The van der Waals surface area contributed by atoms with E-state index in [1.807, 2.05) is 0 Å². The fourth-order valence-corrected chi connectivity index (χ4v) is 4.82. The Bertz CT molecular complexity index is 1130. The fourth-order valence-electron chi connectivity index (χ4n) is 3.30. The van der Waals surface area contributed by atoms with Gasteiger partial charge in [0.2, 0.25) is 10.0 Å². The molecule has 1 fully saturated rings. The molecule has 176 valence electrons. The maximum atomic E-state index is 13.1. The Morgan fingerprint density at radius 3 is 2.27 bits per heavy atom. The molecule has 0 unspecified atom stereocenters. The first-order chi connectivity index (χ1) is 15.8. The predicted molar refractivity (Wildman–Crippen MR) is 119 cm³/mol. The second-order valence-corrected chi connectivity index (χ2v) is 9.44. The number of rotatable bonds is 7. The van der Waals surface area contributed by atoms with E-state index in [0.717, 1.165) is 43.9 Å². The van der Waals surface area contributed by atoms with Crippen molar-refractivity contribution >= 4 is 33.7 Å². The lowest BCUT2D eigenvalue weighted by molar-refractivity contribution is -0.142. The summed E-state index contributed by atoms with van der Waals surface area (Å²) in [5.74, 6) is -3.67. The van der Waals surface area contributed by atoms with Crippen molar-refractivity contribution in [1.82, 2.24) is 4.31 Å². The average molecular weight is 479 g/mol. The molecule has 0 atom stereocenters. The Labute approximate surface area is 191 Å². The number of halogens is 2. The molecular weight excluding hydrogens is 454 g/mol. The molecule has 0 bridgehead atoms. The highest BCUT2D eigenvalue weighted by molar-refractivity contribution is 7.89. The number of benzene rings is 2. The monoisotopic (exact) mass is 478 g/mol. The van der Waals surface area contributed by atoms with Crippen LogP contribution in [0.15, 0.2) is 53.4 Å². The first kappa shape index (κ1) is 24.5. The quantitative estimate of drug-likeness (QED) is 0.484. The lowest BCUT2D eigenvalue weighted by Gasteiger charge is -2.19. The lowest BCUT2D eigenvalue weighted by Crippen LogP contribution is -2.31. The van der Waals surface area contributed by atoms with Crippen LogP contribution in [0.5, 0.6) is 0 Å². The van der Waals surface area contributed by atoms with Crippen molar-refractivity contribution in [2.24, 2.45) is 0 Å². The number of esters is 1. The van der Waals surface area contributed by atoms with Gasteiger partial charge in [-0.2, -0.15) is 4.31 Å². The molecule has 0 radical (unpaired) electrons. The van der Waals surface area contributed by atoms with Crippen LogP contribution in [0.25, 0.3) is 6.08 Å². The first-order valence-electron chi connectivity index (χ1n) is 10.5. The van der Waals surface area contributed by atoms with Crippen LogP contribution in [-0.2, 0) is 24.3 Å². The standard InChI is InChI=1S/C23H24F2N2O5S/c24-20-11-8-18(15-21(20)25)26-22(28)16-32-23(29)12-7-17-5-9-19(10-6-17)33(30,31)27-13-3-1-2-4-14-27/h5-12,15H,1-4,13-14,16H2,(H,26,28)/b12-7+. The van der Waals surface area contributed by atoms with E-state index in [4.69, 9.17) is 4.74 Å². The molecule has 1 heterocycles. The van der Waals surface area contributed by atoms with Crippen molar-refractivity contribution in [1.29, 1.82) is 0 Å². The summed E-state index contributed by atoms with van der Waals surface area (Å²) in [6.07, 6.45) is 6.28. The Kier molecular flexibility index (Phi) is 8.29. The zero-order valence-electron chi connectivity index (χ0n) is 17.8. The molecule has 1 N–H and O–H groups in total. The van der Waals surface area contributed by atoms with Gasteiger partial charge in [0.05, 0.1) is 4.90 Å². The number of hydrogen-bond donors (Lipinski definition) is 1. The van der Waals surface area contributed by atoms with E-state index < -0.39 is 40.1 Å². The highest BCUT2D eigenvalue weighted by Gasteiger charge is 2.24. The van der Waals surface area contributed by atoms with E-state index >= 15 is 0 Å². The van der Waals surface area contributed by atoms with E-state index in [2.05, 4.69) is 5.32 Å². The molecule has 1 saturated heterocycles. The maximum Gasteiger partial charge on any atom is 0.331 e. The van der Waals surface area contributed by atoms with Crippen LogP contribution in [-0.4, -0.2) is 44.3 Å². The highest BCUT2D eigenvalue weighted by Crippen LogP contribution is 2.21. The highest BCUT2D eigenvalue weighted by atomic mass is 32.2. The topological polar surface area (TPSA) is 92.8 Å². The van der Waals surface area contributed by atoms with Gasteiger partial charge in [-0.3, -0.25) is 4.79 Å². The molecule has 10 heteroatoms. The third-order valence-electron chi connectivity index (χ3n) is 5.04. The number of nitrogens with one attached hydrogen (secondary N) is 1. The van der Waals surface area contributed by atoms with Gasteiger partial charge >= 0.3 is 5.97 Å². The van der Waals surface area contributed by atoms with Gasteiger partial charge in [0.25, 0.3) is 5.91 Å². The summed E-state index contributed by atoms with van der Waals surface area (Å²) in [6, 6.07) is 8.97. The van der Waals surface area contributed by atoms with E-state index in [1.165, 1.54) is 28.6 Å². The normalized spacial score (nSPS) is 15.2. The lowest BCUT2D eigenvalue weighted by atomic mass is 10.2. The van der Waals surface area contributed by atoms with Gasteiger partial charge in [-0.15, -0.1) is 0 Å². The van der Waals surface area contributed by atoms with Crippen LogP contribution in [0.2, 0.25) is 0 Å². The summed E-state index contributed by atoms with van der Waals surface area (Å²) in [7, 11) is -3.55. The third-order valence-corrected chi connectivity index (χ3v) is 6.96. The van der Waals surface area contributed by atoms with Crippen LogP contribution in [0.3, 0.4) is 0 Å². The summed E-state index contributed by atoms with van der Waals surface area (Å²) in [4.78, 5) is 23.8. The predicted octanol–water partition coefficient (Wildman–Crippen LogP) is 3.72. The van der Waals surface area contributed by atoms with Crippen molar-refractivity contribution < 1.29 is 31.5 Å². The summed E-state index contributed by atoms with van der Waals surface area (Å²) < 4.78 is 57.9. The Morgan fingerprint density at radius 2 is 1.64 bits per heavy atom. The number of hydrogen-bond acceptors (Lipinski definition) is 5. The molecule has 7 nitrogen and oxygen atoms in total. The van der Waals surface area contributed by atoms with Crippen LogP contribution < -0.4 is 5.32 Å². The van der Waals surface area contributed by atoms with Gasteiger partial charge < -0.3 is 10.1 Å². The Morgan fingerprint density at radius 1 is 0.970 bits per heavy atom. The van der Waals surface area contributed by atoms with Gasteiger partial charge in [0.15, 0.2) is 18.2 Å². The number of sulfonamides is 1. The molecule has 0 aliphatic carbocycles. The van der Waals surface area contributed by atoms with Gasteiger partial charge in [-0.25, -0.2) is 22.0 Å². The second kappa shape index (κ2) is 11.2. The van der Waals surface area contributed by atoms with Crippen LogP contribution in [0.4, 0.5) is 14.5 Å². The summed E-state index contributed by atoms with van der Waals surface area (Å²) >= 11 is 0. The number of amides is 1. The molecular formula is C23H24F2N2O5S. The Balaban J connectivity index is 1.51. The molecule has 1 aliphatic rings. The third kappa shape index (κ3) is 6.93. The molecule has 3 rings (SSSR count). The maximum absolute atomic E-state index is 13.1. The van der Waals surface area contributed by atoms with Crippen molar-refractivity contribution in [3.8, 4) is 0 Å². The van der Waals surface area contributed by atoms with E-state index in [9.17, 15) is 26.8 Å². The van der Waals surface area contributed by atoms with Gasteiger partial charge in [-0.1, -0.05) is 25.0 Å². The summed E-state index contributed by atoms with van der Waals surface area (Å²) in [5.41, 5.74) is 0.605. The van der Waals surface area contributed by atoms with Crippen molar-refractivity contribution in [3.05, 3.63) is 65.7 Å². The Hall–Kier alpha value is -3.11. The summed E-state index contributed by atoms with van der Waals surface area (Å²) in [5, 5.41) is 2.28. The SMILES string of the molecule is O=C(COC(=O)/C=C/c1ccc(S(=O)(=O)N2CCCCCC2)cc1)Nc1ccc(F)c(F)c1. The average Bonchev–Trinajstić information content (AvgIpc) is 3.09. The molecule has 2 aromatic carbocycles. The molecule has 1 aliphatic heterocycles. The smallest absolute Gasteiger partial charge is 0.331 e. The zero-order chi connectivity index (χ0) is 23.8. The second-order valence-electron chi connectivity index (χ2n) is 7.51. The van der Waals surface area contributed by atoms with Crippen molar-refractivity contribution in [3.63, 3.8) is 0 Å². The minimum atomic E-state index is -3.55. The number of ether oxygens (including phenoxy) is 1. The molecule has 0 spiro atoms. The van der Waals surface area contributed by atoms with Gasteiger partial charge in [0.1, 0.15) is 0 Å². The zero-order valence-corrected chi connectivity index (χ0v) is 18.6. The fraction of sp³-hybridized carbons (Fsp3) is 0.304. The van der Waals surface area contributed by atoms with E-state index in [1.54, 1.807) is 12.1 Å². The van der Waals surface area contributed by atoms with Crippen LogP contribution in [0, 0.1) is 11.6 Å². The van der Waals surface area contributed by atoms with E-state index in [-0.39, 0.29) is 10.6 Å². The first-order valence-corrected chi connectivity index (χ1v) is 11.9. The molecule has 33 heavy (non-hydrogen) atoms. The number of carbonyl (C=O) groups is 2. The minimum Gasteiger partial charge on any atom is -0.452 e. The molecule has 0 saturated carbocycles. The van der Waals surface area contributed by atoms with Crippen molar-refractivity contribution in [2.45, 2.75) is 30.6 Å². The molecule has 0 aromatic heterocycles. The number of anilines is 1. The molecule has 2 aromatic rings. The minimum absolute atomic E-state index is 0.0284.